The number of benzene rings is 2. The van der Waals surface area contributed by atoms with Crippen LogP contribution in [0.2, 0.25) is 0 Å². The van der Waals surface area contributed by atoms with Crippen molar-refractivity contribution in [3.63, 3.8) is 0 Å². The van der Waals surface area contributed by atoms with Crippen molar-refractivity contribution in [1.29, 1.82) is 0 Å². The van der Waals surface area contributed by atoms with Crippen LogP contribution in [0.15, 0.2) is 36.4 Å². The Morgan fingerprint density at radius 3 is 2.62 bits per heavy atom. The summed E-state index contributed by atoms with van der Waals surface area (Å²) in [5, 5.41) is 13.3. The second-order valence-electron chi connectivity index (χ2n) is 7.68. The molecule has 1 aliphatic carbocycles. The second kappa shape index (κ2) is 8.43. The molecule has 2 N–H and O–H groups in total. The van der Waals surface area contributed by atoms with E-state index in [2.05, 4.69) is 17.4 Å². The van der Waals surface area contributed by atoms with Crippen LogP contribution >= 0.6 is 0 Å². The second-order valence-corrected chi connectivity index (χ2v) is 7.68. The highest BCUT2D eigenvalue weighted by Gasteiger charge is 2.31. The predicted molar refractivity (Wildman–Crippen MR) is 110 cm³/mol. The minimum absolute atomic E-state index is 0.00548. The fraction of sp³-hybridized carbons (Fsp3) is 0.435. The largest absolute Gasteiger partial charge is 0.493 e. The number of carbonyl (C=O) groups excluding carboxylic acids is 1. The molecule has 2 aromatic rings. The summed E-state index contributed by atoms with van der Waals surface area (Å²) >= 11 is 0. The van der Waals surface area contributed by atoms with Crippen LogP contribution in [0.1, 0.15) is 40.8 Å². The molecule has 2 atom stereocenters. The first-order valence-electron chi connectivity index (χ1n) is 10.1. The van der Waals surface area contributed by atoms with Gasteiger partial charge in [0.1, 0.15) is 0 Å². The summed E-state index contributed by atoms with van der Waals surface area (Å²) in [7, 11) is 3.22. The quantitative estimate of drug-likeness (QED) is 0.785. The van der Waals surface area contributed by atoms with Gasteiger partial charge in [0.15, 0.2) is 11.5 Å². The third kappa shape index (κ3) is 3.82. The first-order chi connectivity index (χ1) is 14.1. The Labute approximate surface area is 171 Å². The number of ether oxygens (including phenoxy) is 2. The number of hydrogen-bond donors (Lipinski definition) is 2. The number of fused-ring (bicyclic) bond motifs is 2. The van der Waals surface area contributed by atoms with Gasteiger partial charge in [-0.2, -0.15) is 0 Å². The van der Waals surface area contributed by atoms with Crippen LogP contribution in [0.25, 0.3) is 0 Å². The first-order valence-corrected chi connectivity index (χ1v) is 10.1. The van der Waals surface area contributed by atoms with Gasteiger partial charge in [-0.1, -0.05) is 24.3 Å². The molecular formula is C23H28N2O4. The molecule has 2 unspecified atom stereocenters. The van der Waals surface area contributed by atoms with Crippen molar-refractivity contribution in [3.05, 3.63) is 58.7 Å². The molecular weight excluding hydrogens is 368 g/mol. The average molecular weight is 396 g/mol. The van der Waals surface area contributed by atoms with E-state index in [0.29, 0.717) is 18.0 Å². The predicted octanol–water partition coefficient (Wildman–Crippen LogP) is 2.40. The van der Waals surface area contributed by atoms with Gasteiger partial charge in [-0.3, -0.25) is 9.69 Å². The van der Waals surface area contributed by atoms with Crippen molar-refractivity contribution in [2.75, 3.05) is 33.9 Å². The van der Waals surface area contributed by atoms with E-state index in [4.69, 9.17) is 9.47 Å². The standard InChI is InChI=1S/C23H28N2O4/c1-28-21-11-16-9-10-25(20(14-26)18(16)12-22(21)29-2)13-23(27)24-19-8-7-15-5-3-4-6-17(15)19/h3-6,11-12,19-20,26H,7-10,13-14H2,1-2H3,(H,24,27). The lowest BCUT2D eigenvalue weighted by atomic mass is 9.92. The zero-order chi connectivity index (χ0) is 20.4. The molecule has 29 heavy (non-hydrogen) atoms. The minimum Gasteiger partial charge on any atom is -0.493 e. The molecule has 154 valence electrons. The Bertz CT molecular complexity index is 898. The highest BCUT2D eigenvalue weighted by atomic mass is 16.5. The Morgan fingerprint density at radius 1 is 1.10 bits per heavy atom. The van der Waals surface area contributed by atoms with Crippen LogP contribution in [0.4, 0.5) is 0 Å². The first kappa shape index (κ1) is 19.7. The molecule has 1 amide bonds. The number of aliphatic hydroxyl groups excluding tert-OH is 1. The number of hydrogen-bond acceptors (Lipinski definition) is 5. The molecule has 0 saturated carbocycles. The van der Waals surface area contributed by atoms with Crippen molar-refractivity contribution in [3.8, 4) is 11.5 Å². The lowest BCUT2D eigenvalue weighted by Gasteiger charge is -2.36. The third-order valence-electron chi connectivity index (χ3n) is 6.10. The number of nitrogens with zero attached hydrogens (tertiary/aromatic N) is 1. The molecule has 0 radical (unpaired) electrons. The molecule has 0 aromatic heterocycles. The summed E-state index contributed by atoms with van der Waals surface area (Å²) in [6.07, 6.45) is 2.74. The number of amides is 1. The van der Waals surface area contributed by atoms with Crippen molar-refractivity contribution in [2.45, 2.75) is 31.3 Å². The molecule has 2 aliphatic rings. The van der Waals surface area contributed by atoms with Gasteiger partial charge in [-0.25, -0.2) is 0 Å². The average Bonchev–Trinajstić information content (AvgIpc) is 3.15. The molecule has 0 fully saturated rings. The van der Waals surface area contributed by atoms with Gasteiger partial charge in [0, 0.05) is 6.54 Å². The Kier molecular flexibility index (Phi) is 5.74. The summed E-state index contributed by atoms with van der Waals surface area (Å²) < 4.78 is 10.8. The summed E-state index contributed by atoms with van der Waals surface area (Å²) in [4.78, 5) is 14.8. The van der Waals surface area contributed by atoms with Gasteiger partial charge < -0.3 is 19.9 Å². The Balaban J connectivity index is 1.48. The zero-order valence-corrected chi connectivity index (χ0v) is 17.0. The fourth-order valence-corrected chi connectivity index (χ4v) is 4.61. The van der Waals surface area contributed by atoms with Crippen LogP contribution in [-0.4, -0.2) is 49.8 Å². The van der Waals surface area contributed by atoms with Gasteiger partial charge in [0.25, 0.3) is 0 Å². The number of aliphatic hydroxyl groups is 1. The van der Waals surface area contributed by atoms with Crippen molar-refractivity contribution < 1.29 is 19.4 Å². The Hall–Kier alpha value is -2.57. The number of carbonyl (C=O) groups is 1. The number of nitrogens with one attached hydrogen (secondary N) is 1. The van der Waals surface area contributed by atoms with E-state index >= 15 is 0 Å². The number of aryl methyl sites for hydroxylation is 1. The lowest BCUT2D eigenvalue weighted by Crippen LogP contribution is -2.44. The number of rotatable bonds is 6. The zero-order valence-electron chi connectivity index (χ0n) is 17.0. The van der Waals surface area contributed by atoms with Crippen LogP contribution < -0.4 is 14.8 Å². The molecule has 6 nitrogen and oxygen atoms in total. The molecule has 0 saturated heterocycles. The van der Waals surface area contributed by atoms with Gasteiger partial charge >= 0.3 is 0 Å². The molecule has 1 aliphatic heterocycles. The highest BCUT2D eigenvalue weighted by molar-refractivity contribution is 5.79. The molecule has 0 spiro atoms. The van der Waals surface area contributed by atoms with E-state index in [1.807, 2.05) is 29.2 Å². The lowest BCUT2D eigenvalue weighted by molar-refractivity contribution is -0.124. The third-order valence-corrected chi connectivity index (χ3v) is 6.10. The monoisotopic (exact) mass is 396 g/mol. The normalized spacial score (nSPS) is 20.7. The van der Waals surface area contributed by atoms with E-state index in [1.54, 1.807) is 14.2 Å². The van der Waals surface area contributed by atoms with Gasteiger partial charge in [0.05, 0.1) is 39.5 Å². The molecule has 1 heterocycles. The Morgan fingerprint density at radius 2 is 1.86 bits per heavy atom. The fourth-order valence-electron chi connectivity index (χ4n) is 4.61. The maximum Gasteiger partial charge on any atom is 0.234 e. The van der Waals surface area contributed by atoms with Crippen molar-refractivity contribution in [1.82, 2.24) is 10.2 Å². The molecule has 2 aromatic carbocycles. The van der Waals surface area contributed by atoms with Gasteiger partial charge in [-0.05, 0) is 53.6 Å². The summed E-state index contributed by atoms with van der Waals surface area (Å²) in [6, 6.07) is 12.0. The summed E-state index contributed by atoms with van der Waals surface area (Å²) in [5.74, 6) is 1.32. The molecule has 0 bridgehead atoms. The van der Waals surface area contributed by atoms with Crippen molar-refractivity contribution in [2.24, 2.45) is 0 Å². The van der Waals surface area contributed by atoms with Crippen molar-refractivity contribution >= 4 is 5.91 Å². The van der Waals surface area contributed by atoms with E-state index in [1.165, 1.54) is 11.1 Å². The van der Waals surface area contributed by atoms with E-state index in [-0.39, 0.29) is 31.1 Å². The van der Waals surface area contributed by atoms with Crippen LogP contribution in [0, 0.1) is 0 Å². The van der Waals surface area contributed by atoms with Crippen LogP contribution in [-0.2, 0) is 17.6 Å². The SMILES string of the molecule is COc1cc2c(cc1OC)C(CO)N(CC(=O)NC1CCc3ccccc31)CC2. The van der Waals surface area contributed by atoms with Crippen LogP contribution in [0.3, 0.4) is 0 Å². The summed E-state index contributed by atoms with van der Waals surface area (Å²) in [6.45, 7) is 0.919. The maximum absolute atomic E-state index is 12.8. The van der Waals surface area contributed by atoms with Gasteiger partial charge in [-0.15, -0.1) is 0 Å². The van der Waals surface area contributed by atoms with Crippen LogP contribution in [0.5, 0.6) is 11.5 Å². The van der Waals surface area contributed by atoms with E-state index in [9.17, 15) is 9.90 Å². The van der Waals surface area contributed by atoms with E-state index < -0.39 is 0 Å². The van der Waals surface area contributed by atoms with Gasteiger partial charge in [0.2, 0.25) is 5.91 Å². The molecule has 4 rings (SSSR count). The van der Waals surface area contributed by atoms with E-state index in [0.717, 1.165) is 30.4 Å². The topological polar surface area (TPSA) is 71.0 Å². The molecule has 6 heteroatoms. The number of methoxy groups -OCH3 is 2. The minimum atomic E-state index is -0.236. The highest BCUT2D eigenvalue weighted by Crippen LogP contribution is 2.38. The summed E-state index contributed by atoms with van der Waals surface area (Å²) in [5.41, 5.74) is 4.66. The smallest absolute Gasteiger partial charge is 0.234 e. The maximum atomic E-state index is 12.8.